The molecule has 20 heavy (non-hydrogen) atoms. The SMILES string of the molecule is CCCNC(c1cc2cc(C)ccc2o1)C(C)(C)CC. The molecule has 0 fully saturated rings. The van der Waals surface area contributed by atoms with Gasteiger partial charge in [0, 0.05) is 5.39 Å². The molecule has 1 heterocycles. The lowest BCUT2D eigenvalue weighted by Crippen LogP contribution is -2.34. The van der Waals surface area contributed by atoms with Crippen LogP contribution in [0, 0.1) is 12.3 Å². The molecule has 2 nitrogen and oxygen atoms in total. The normalized spacial score (nSPS) is 13.8. The molecule has 1 N–H and O–H groups in total. The van der Waals surface area contributed by atoms with Crippen LogP contribution in [0.15, 0.2) is 28.7 Å². The maximum absolute atomic E-state index is 6.11. The number of furan rings is 1. The monoisotopic (exact) mass is 273 g/mol. The van der Waals surface area contributed by atoms with E-state index in [1.54, 1.807) is 0 Å². The number of hydrogen-bond donors (Lipinski definition) is 1. The fourth-order valence-corrected chi connectivity index (χ4v) is 2.58. The third-order valence-electron chi connectivity index (χ3n) is 4.27. The molecule has 0 aliphatic carbocycles. The highest BCUT2D eigenvalue weighted by Crippen LogP contribution is 2.38. The average molecular weight is 273 g/mol. The van der Waals surface area contributed by atoms with Crippen molar-refractivity contribution in [2.45, 2.75) is 53.5 Å². The number of rotatable bonds is 6. The zero-order valence-electron chi connectivity index (χ0n) is 13.4. The molecule has 1 atom stereocenters. The molecular formula is C18H27NO. The van der Waals surface area contributed by atoms with Crippen LogP contribution in [0.5, 0.6) is 0 Å². The van der Waals surface area contributed by atoms with Crippen molar-refractivity contribution in [1.82, 2.24) is 5.32 Å². The number of fused-ring (bicyclic) bond motifs is 1. The summed E-state index contributed by atoms with van der Waals surface area (Å²) in [6.07, 6.45) is 2.25. The van der Waals surface area contributed by atoms with Crippen molar-refractivity contribution in [3.05, 3.63) is 35.6 Å². The molecule has 0 saturated carbocycles. The lowest BCUT2D eigenvalue weighted by Gasteiger charge is -2.32. The van der Waals surface area contributed by atoms with E-state index < -0.39 is 0 Å². The van der Waals surface area contributed by atoms with Crippen LogP contribution in [0.4, 0.5) is 0 Å². The summed E-state index contributed by atoms with van der Waals surface area (Å²) in [6.45, 7) is 12.2. The van der Waals surface area contributed by atoms with Gasteiger partial charge < -0.3 is 9.73 Å². The van der Waals surface area contributed by atoms with Gasteiger partial charge in [-0.2, -0.15) is 0 Å². The number of nitrogens with one attached hydrogen (secondary N) is 1. The summed E-state index contributed by atoms with van der Waals surface area (Å²) in [4.78, 5) is 0. The zero-order chi connectivity index (χ0) is 14.8. The molecule has 0 aliphatic rings. The highest BCUT2D eigenvalue weighted by molar-refractivity contribution is 5.78. The predicted molar refractivity (Wildman–Crippen MR) is 86.1 cm³/mol. The van der Waals surface area contributed by atoms with E-state index >= 15 is 0 Å². The first-order valence-electron chi connectivity index (χ1n) is 7.71. The smallest absolute Gasteiger partial charge is 0.134 e. The molecule has 2 aromatic rings. The van der Waals surface area contributed by atoms with E-state index in [0.29, 0.717) is 0 Å². The van der Waals surface area contributed by atoms with E-state index in [-0.39, 0.29) is 11.5 Å². The quantitative estimate of drug-likeness (QED) is 0.780. The number of benzene rings is 1. The predicted octanol–water partition coefficient (Wildman–Crippen LogP) is 5.22. The van der Waals surface area contributed by atoms with E-state index in [1.165, 1.54) is 10.9 Å². The van der Waals surface area contributed by atoms with Crippen LogP contribution in [0.25, 0.3) is 11.0 Å². The molecule has 1 aromatic heterocycles. The van der Waals surface area contributed by atoms with Crippen LogP contribution >= 0.6 is 0 Å². The Bertz CT molecular complexity index is 568. The minimum absolute atomic E-state index is 0.179. The summed E-state index contributed by atoms with van der Waals surface area (Å²) >= 11 is 0. The van der Waals surface area contributed by atoms with Crippen LogP contribution in [0.2, 0.25) is 0 Å². The van der Waals surface area contributed by atoms with Crippen molar-refractivity contribution in [2.24, 2.45) is 5.41 Å². The minimum atomic E-state index is 0.179. The lowest BCUT2D eigenvalue weighted by molar-refractivity contribution is 0.209. The van der Waals surface area contributed by atoms with Gasteiger partial charge in [0.15, 0.2) is 0 Å². The third kappa shape index (κ3) is 3.06. The average Bonchev–Trinajstić information content (AvgIpc) is 2.81. The van der Waals surface area contributed by atoms with E-state index in [4.69, 9.17) is 4.42 Å². The van der Waals surface area contributed by atoms with Gasteiger partial charge in [-0.05, 0) is 49.9 Å². The Morgan fingerprint density at radius 1 is 1.20 bits per heavy atom. The zero-order valence-corrected chi connectivity index (χ0v) is 13.4. The van der Waals surface area contributed by atoms with Gasteiger partial charge in [-0.1, -0.05) is 39.3 Å². The van der Waals surface area contributed by atoms with Crippen molar-refractivity contribution in [3.63, 3.8) is 0 Å². The van der Waals surface area contributed by atoms with Crippen molar-refractivity contribution in [2.75, 3.05) is 6.54 Å². The van der Waals surface area contributed by atoms with Crippen LogP contribution in [-0.2, 0) is 0 Å². The molecule has 1 aromatic carbocycles. The van der Waals surface area contributed by atoms with Crippen LogP contribution in [-0.4, -0.2) is 6.54 Å². The van der Waals surface area contributed by atoms with E-state index in [1.807, 2.05) is 0 Å². The Morgan fingerprint density at radius 3 is 2.60 bits per heavy atom. The Kier molecular flexibility index (Phi) is 4.54. The van der Waals surface area contributed by atoms with Gasteiger partial charge in [-0.3, -0.25) is 0 Å². The largest absolute Gasteiger partial charge is 0.459 e. The lowest BCUT2D eigenvalue weighted by atomic mass is 9.80. The molecule has 0 spiro atoms. The summed E-state index contributed by atoms with van der Waals surface area (Å²) in [5, 5.41) is 4.86. The summed E-state index contributed by atoms with van der Waals surface area (Å²) in [5.74, 6) is 1.06. The van der Waals surface area contributed by atoms with Crippen molar-refractivity contribution in [1.29, 1.82) is 0 Å². The molecule has 2 rings (SSSR count). The second-order valence-corrected chi connectivity index (χ2v) is 6.42. The van der Waals surface area contributed by atoms with Crippen molar-refractivity contribution in [3.8, 4) is 0 Å². The fourth-order valence-electron chi connectivity index (χ4n) is 2.58. The Morgan fingerprint density at radius 2 is 1.95 bits per heavy atom. The molecule has 0 bridgehead atoms. The van der Waals surface area contributed by atoms with Crippen LogP contribution in [0.1, 0.15) is 57.9 Å². The maximum Gasteiger partial charge on any atom is 0.134 e. The molecule has 0 saturated heterocycles. The van der Waals surface area contributed by atoms with Crippen molar-refractivity contribution < 1.29 is 4.42 Å². The number of hydrogen-bond acceptors (Lipinski definition) is 2. The summed E-state index contributed by atoms with van der Waals surface area (Å²) in [5.41, 5.74) is 2.44. The Balaban J connectivity index is 2.39. The number of aryl methyl sites for hydroxylation is 1. The molecule has 0 amide bonds. The first-order valence-corrected chi connectivity index (χ1v) is 7.71. The van der Waals surface area contributed by atoms with Gasteiger partial charge in [-0.25, -0.2) is 0 Å². The molecule has 2 heteroatoms. The fraction of sp³-hybridized carbons (Fsp3) is 0.556. The molecule has 0 aliphatic heterocycles. The second kappa shape index (κ2) is 6.01. The van der Waals surface area contributed by atoms with Crippen LogP contribution < -0.4 is 5.32 Å². The van der Waals surface area contributed by atoms with Gasteiger partial charge in [0.2, 0.25) is 0 Å². The van der Waals surface area contributed by atoms with Gasteiger partial charge >= 0.3 is 0 Å². The van der Waals surface area contributed by atoms with Gasteiger partial charge in [0.25, 0.3) is 0 Å². The maximum atomic E-state index is 6.11. The van der Waals surface area contributed by atoms with Gasteiger partial charge in [-0.15, -0.1) is 0 Å². The first kappa shape index (κ1) is 15.1. The first-order chi connectivity index (χ1) is 9.47. The second-order valence-electron chi connectivity index (χ2n) is 6.42. The Hall–Kier alpha value is -1.28. The van der Waals surface area contributed by atoms with E-state index in [0.717, 1.165) is 30.7 Å². The summed E-state index contributed by atoms with van der Waals surface area (Å²) < 4.78 is 6.11. The molecule has 0 radical (unpaired) electrons. The summed E-state index contributed by atoms with van der Waals surface area (Å²) in [7, 11) is 0. The topological polar surface area (TPSA) is 25.2 Å². The summed E-state index contributed by atoms with van der Waals surface area (Å²) in [6, 6.07) is 8.84. The van der Waals surface area contributed by atoms with Crippen LogP contribution in [0.3, 0.4) is 0 Å². The Labute approximate surface area is 122 Å². The van der Waals surface area contributed by atoms with E-state index in [9.17, 15) is 0 Å². The van der Waals surface area contributed by atoms with Crippen molar-refractivity contribution >= 4 is 11.0 Å². The molecule has 1 unspecified atom stereocenters. The molecular weight excluding hydrogens is 246 g/mol. The highest BCUT2D eigenvalue weighted by atomic mass is 16.3. The van der Waals surface area contributed by atoms with Gasteiger partial charge in [0.05, 0.1) is 6.04 Å². The third-order valence-corrected chi connectivity index (χ3v) is 4.27. The molecule has 110 valence electrons. The minimum Gasteiger partial charge on any atom is -0.459 e. The van der Waals surface area contributed by atoms with Gasteiger partial charge in [0.1, 0.15) is 11.3 Å². The van der Waals surface area contributed by atoms with E-state index in [2.05, 4.69) is 64.2 Å². The standard InChI is InChI=1S/C18H27NO/c1-6-10-19-17(18(4,5)7-2)16-12-14-11-13(3)8-9-15(14)20-16/h8-9,11-12,17,19H,6-7,10H2,1-5H3. The highest BCUT2D eigenvalue weighted by Gasteiger charge is 2.31.